The maximum absolute atomic E-state index is 13.4. The average Bonchev–Trinajstić information content (AvgIpc) is 3.09. The number of sulfonamides is 1. The van der Waals surface area contributed by atoms with E-state index in [2.05, 4.69) is 0 Å². The van der Waals surface area contributed by atoms with Crippen molar-refractivity contribution >= 4 is 33.3 Å². The van der Waals surface area contributed by atoms with E-state index >= 15 is 0 Å². The number of halogens is 1. The summed E-state index contributed by atoms with van der Waals surface area (Å²) in [6, 6.07) is 20.2. The molecule has 0 aromatic heterocycles. The summed E-state index contributed by atoms with van der Waals surface area (Å²) in [5.41, 5.74) is 2.65. The Hall–Kier alpha value is -2.83. The number of ether oxygens (including phenoxy) is 1. The second kappa shape index (κ2) is 8.13. The maximum Gasteiger partial charge on any atom is 0.338 e. The molecule has 1 aliphatic rings. The number of para-hydroxylation sites is 1. The summed E-state index contributed by atoms with van der Waals surface area (Å²) in [5, 5.41) is 0.598. The van der Waals surface area contributed by atoms with Gasteiger partial charge in [0.15, 0.2) is 0 Å². The van der Waals surface area contributed by atoms with Crippen molar-refractivity contribution in [1.29, 1.82) is 0 Å². The maximum atomic E-state index is 13.4. The Morgan fingerprint density at radius 1 is 1.07 bits per heavy atom. The first-order chi connectivity index (χ1) is 14.4. The second-order valence-corrected chi connectivity index (χ2v) is 9.46. The van der Waals surface area contributed by atoms with Crippen LogP contribution >= 0.6 is 11.6 Å². The normalized spacial score (nSPS) is 15.7. The van der Waals surface area contributed by atoms with Gasteiger partial charge < -0.3 is 4.74 Å². The third-order valence-corrected chi connectivity index (χ3v) is 7.23. The highest BCUT2D eigenvalue weighted by Gasteiger charge is 2.36. The molecule has 0 saturated carbocycles. The van der Waals surface area contributed by atoms with Crippen LogP contribution in [0.15, 0.2) is 77.7 Å². The third kappa shape index (κ3) is 3.93. The standard InChI is InChI=1S/C23H20ClNO4S/c1-16-13-18-5-2-3-8-22(18)25(16)30(27,28)21-7-4-6-19(14-21)23(26)29-15-17-9-11-20(24)12-10-17/h2-12,14,16H,13,15H2,1H3. The zero-order chi connectivity index (χ0) is 21.3. The number of carbonyl (C=O) groups is 1. The molecule has 0 spiro atoms. The summed E-state index contributed by atoms with van der Waals surface area (Å²) in [6.45, 7) is 1.95. The van der Waals surface area contributed by atoms with E-state index in [1.54, 1.807) is 42.5 Å². The molecular formula is C23H20ClNO4S. The lowest BCUT2D eigenvalue weighted by molar-refractivity contribution is 0.0472. The number of hydrogen-bond donors (Lipinski definition) is 0. The van der Waals surface area contributed by atoms with Gasteiger partial charge in [0, 0.05) is 11.1 Å². The molecule has 5 nitrogen and oxygen atoms in total. The monoisotopic (exact) mass is 441 g/mol. The molecule has 0 amide bonds. The van der Waals surface area contributed by atoms with Crippen LogP contribution in [0, 0.1) is 0 Å². The summed E-state index contributed by atoms with van der Waals surface area (Å²) in [6.07, 6.45) is 0.651. The van der Waals surface area contributed by atoms with Crippen LogP contribution in [0.2, 0.25) is 5.02 Å². The average molecular weight is 442 g/mol. The molecule has 1 unspecified atom stereocenters. The first-order valence-electron chi connectivity index (χ1n) is 9.50. The number of rotatable bonds is 5. The molecule has 3 aromatic carbocycles. The fourth-order valence-electron chi connectivity index (χ4n) is 3.61. The Morgan fingerprint density at radius 3 is 2.57 bits per heavy atom. The molecule has 0 saturated heterocycles. The van der Waals surface area contributed by atoms with E-state index in [4.69, 9.17) is 16.3 Å². The van der Waals surface area contributed by atoms with Gasteiger partial charge in [0.2, 0.25) is 0 Å². The number of benzene rings is 3. The SMILES string of the molecule is CC1Cc2ccccc2N1S(=O)(=O)c1cccc(C(=O)OCc2ccc(Cl)cc2)c1. The molecule has 0 N–H and O–H groups in total. The van der Waals surface area contributed by atoms with E-state index in [0.717, 1.165) is 11.1 Å². The Balaban J connectivity index is 1.57. The van der Waals surface area contributed by atoms with Crippen LogP contribution in [0.4, 0.5) is 5.69 Å². The van der Waals surface area contributed by atoms with Crippen LogP contribution in [-0.4, -0.2) is 20.4 Å². The Bertz CT molecular complexity index is 1190. The van der Waals surface area contributed by atoms with Gasteiger partial charge in [-0.1, -0.05) is 48.0 Å². The summed E-state index contributed by atoms with van der Waals surface area (Å²) in [4.78, 5) is 12.6. The van der Waals surface area contributed by atoms with Gasteiger partial charge in [0.25, 0.3) is 10.0 Å². The second-order valence-electron chi connectivity index (χ2n) is 7.21. The molecule has 0 radical (unpaired) electrons. The Labute approximate surface area is 180 Å². The Morgan fingerprint density at radius 2 is 1.80 bits per heavy atom. The lowest BCUT2D eigenvalue weighted by atomic mass is 10.1. The highest BCUT2D eigenvalue weighted by Crippen LogP contribution is 2.36. The van der Waals surface area contributed by atoms with Gasteiger partial charge in [-0.15, -0.1) is 0 Å². The van der Waals surface area contributed by atoms with Gasteiger partial charge in [-0.2, -0.15) is 0 Å². The van der Waals surface area contributed by atoms with E-state index < -0.39 is 16.0 Å². The van der Waals surface area contributed by atoms with Crippen molar-refractivity contribution in [3.8, 4) is 0 Å². The van der Waals surface area contributed by atoms with E-state index in [1.807, 2.05) is 25.1 Å². The van der Waals surface area contributed by atoms with Gasteiger partial charge in [0.1, 0.15) is 6.61 Å². The van der Waals surface area contributed by atoms with E-state index in [9.17, 15) is 13.2 Å². The minimum Gasteiger partial charge on any atom is -0.457 e. The molecule has 0 aliphatic carbocycles. The molecule has 1 atom stereocenters. The molecule has 7 heteroatoms. The summed E-state index contributed by atoms with van der Waals surface area (Å²) < 4.78 is 33.5. The van der Waals surface area contributed by atoms with Gasteiger partial charge in [-0.05, 0) is 60.9 Å². The number of fused-ring (bicyclic) bond motifs is 1. The van der Waals surface area contributed by atoms with Crippen molar-refractivity contribution < 1.29 is 17.9 Å². The van der Waals surface area contributed by atoms with Crippen molar-refractivity contribution in [1.82, 2.24) is 0 Å². The van der Waals surface area contributed by atoms with Crippen molar-refractivity contribution in [3.63, 3.8) is 0 Å². The molecule has 154 valence electrons. The van der Waals surface area contributed by atoms with E-state index in [-0.39, 0.29) is 23.1 Å². The van der Waals surface area contributed by atoms with Crippen LogP contribution < -0.4 is 4.31 Å². The van der Waals surface area contributed by atoms with E-state index in [0.29, 0.717) is 17.1 Å². The molecule has 3 aromatic rings. The topological polar surface area (TPSA) is 63.7 Å². The van der Waals surface area contributed by atoms with Crippen molar-refractivity contribution in [2.24, 2.45) is 0 Å². The lowest BCUT2D eigenvalue weighted by Gasteiger charge is -2.24. The fourth-order valence-corrected chi connectivity index (χ4v) is 5.48. The summed E-state index contributed by atoms with van der Waals surface area (Å²) in [5.74, 6) is -0.586. The van der Waals surface area contributed by atoms with E-state index in [1.165, 1.54) is 16.4 Å². The molecular weight excluding hydrogens is 422 g/mol. The van der Waals surface area contributed by atoms with Crippen LogP contribution in [-0.2, 0) is 27.8 Å². The fraction of sp³-hybridized carbons (Fsp3) is 0.174. The molecule has 4 rings (SSSR count). The van der Waals surface area contributed by atoms with Crippen LogP contribution in [0.3, 0.4) is 0 Å². The lowest BCUT2D eigenvalue weighted by Crippen LogP contribution is -2.35. The van der Waals surface area contributed by atoms with Crippen LogP contribution in [0.1, 0.15) is 28.4 Å². The van der Waals surface area contributed by atoms with Gasteiger partial charge in [-0.3, -0.25) is 4.31 Å². The molecule has 1 aliphatic heterocycles. The molecule has 0 bridgehead atoms. The number of esters is 1. The minimum atomic E-state index is -3.82. The van der Waals surface area contributed by atoms with Gasteiger partial charge in [0.05, 0.1) is 16.1 Å². The minimum absolute atomic E-state index is 0.0620. The summed E-state index contributed by atoms with van der Waals surface area (Å²) in [7, 11) is -3.82. The largest absolute Gasteiger partial charge is 0.457 e. The van der Waals surface area contributed by atoms with Crippen molar-refractivity contribution in [2.45, 2.75) is 30.9 Å². The van der Waals surface area contributed by atoms with Gasteiger partial charge in [-0.25, -0.2) is 13.2 Å². The first kappa shape index (κ1) is 20.4. The smallest absolute Gasteiger partial charge is 0.338 e. The third-order valence-electron chi connectivity index (χ3n) is 5.05. The quantitative estimate of drug-likeness (QED) is 0.531. The van der Waals surface area contributed by atoms with Crippen LogP contribution in [0.25, 0.3) is 0 Å². The van der Waals surface area contributed by atoms with Crippen LogP contribution in [0.5, 0.6) is 0 Å². The molecule has 30 heavy (non-hydrogen) atoms. The first-order valence-corrected chi connectivity index (χ1v) is 11.3. The summed E-state index contributed by atoms with van der Waals surface area (Å²) >= 11 is 5.86. The number of hydrogen-bond acceptors (Lipinski definition) is 4. The van der Waals surface area contributed by atoms with Crippen molar-refractivity contribution in [2.75, 3.05) is 4.31 Å². The number of anilines is 1. The number of carbonyl (C=O) groups excluding carboxylic acids is 1. The zero-order valence-corrected chi connectivity index (χ0v) is 17.9. The Kier molecular flexibility index (Phi) is 5.54. The molecule has 1 heterocycles. The predicted molar refractivity (Wildman–Crippen MR) is 116 cm³/mol. The van der Waals surface area contributed by atoms with Gasteiger partial charge >= 0.3 is 5.97 Å². The highest BCUT2D eigenvalue weighted by molar-refractivity contribution is 7.92. The predicted octanol–water partition coefficient (Wildman–Crippen LogP) is 4.84. The molecule has 0 fully saturated rings. The van der Waals surface area contributed by atoms with Crippen molar-refractivity contribution in [3.05, 3.63) is 94.5 Å². The highest BCUT2D eigenvalue weighted by atomic mass is 35.5. The zero-order valence-electron chi connectivity index (χ0n) is 16.3. The number of nitrogens with zero attached hydrogens (tertiary/aromatic N) is 1.